The van der Waals surface area contributed by atoms with Gasteiger partial charge in [0.15, 0.2) is 5.82 Å². The third kappa shape index (κ3) is 1.91. The molecule has 1 aromatic heterocycles. The molecule has 0 saturated carbocycles. The fourth-order valence-electron chi connectivity index (χ4n) is 0.633. The van der Waals surface area contributed by atoms with Gasteiger partial charge in [-0.25, -0.2) is 10.8 Å². The Hall–Kier alpha value is -0.600. The van der Waals surface area contributed by atoms with Crippen LogP contribution in [-0.2, 0) is 3.17 Å². The molecule has 11 heavy (non-hydrogen) atoms. The lowest BCUT2D eigenvalue weighted by atomic mass is 10.4. The van der Waals surface area contributed by atoms with Crippen LogP contribution in [0, 0.1) is 0 Å². The predicted octanol–water partition coefficient (Wildman–Crippen LogP) is 0.626. The summed E-state index contributed by atoms with van der Waals surface area (Å²) in [5, 5.41) is 1.04. The summed E-state index contributed by atoms with van der Waals surface area (Å²) < 4.78 is 4.68. The van der Waals surface area contributed by atoms with Crippen molar-refractivity contribution in [2.45, 2.75) is 0 Å². The van der Waals surface area contributed by atoms with Gasteiger partial charge in [-0.3, -0.25) is 0 Å². The highest BCUT2D eigenvalue weighted by Crippen LogP contribution is 2.17. The summed E-state index contributed by atoms with van der Waals surface area (Å²) >= 11 is 1.65. The highest BCUT2D eigenvalue weighted by Gasteiger charge is 2.04. The van der Waals surface area contributed by atoms with Crippen molar-refractivity contribution >= 4 is 34.5 Å². The van der Waals surface area contributed by atoms with E-state index in [1.54, 1.807) is 41.3 Å². The number of aromatic nitrogens is 1. The highest BCUT2D eigenvalue weighted by atomic mass is 127. The van der Waals surface area contributed by atoms with Crippen molar-refractivity contribution in [3.8, 4) is 0 Å². The van der Waals surface area contributed by atoms with Gasteiger partial charge in [0.05, 0.1) is 0 Å². The Bertz CT molecular complexity index is 244. The normalized spacial score (nSPS) is 9.64. The van der Waals surface area contributed by atoms with Crippen molar-refractivity contribution in [1.29, 1.82) is 0 Å². The first-order valence-electron chi connectivity index (χ1n) is 2.79. The molecule has 6 heteroatoms. The zero-order chi connectivity index (χ0) is 8.27. The van der Waals surface area contributed by atoms with E-state index in [9.17, 15) is 0 Å². The fourth-order valence-corrected chi connectivity index (χ4v) is 0.845. The van der Waals surface area contributed by atoms with Crippen molar-refractivity contribution in [3.63, 3.8) is 0 Å². The Kier molecular flexibility index (Phi) is 2.85. The molecule has 0 spiro atoms. The molecule has 1 heterocycles. The van der Waals surface area contributed by atoms with Crippen LogP contribution in [0.1, 0.15) is 0 Å². The summed E-state index contributed by atoms with van der Waals surface area (Å²) in [4.78, 5) is 3.82. The average Bonchev–Trinajstić information content (AvgIpc) is 2.04. The smallest absolute Gasteiger partial charge is 0.151 e. The van der Waals surface area contributed by atoms with E-state index in [1.165, 1.54) is 0 Å². The van der Waals surface area contributed by atoms with Gasteiger partial charge in [0, 0.05) is 6.20 Å². The third-order valence-corrected chi connectivity index (χ3v) is 1.55. The monoisotopic (exact) mass is 266 g/mol. The molecule has 0 radical (unpaired) electrons. The van der Waals surface area contributed by atoms with Gasteiger partial charge < -0.3 is 5.73 Å². The number of hydrazine groups is 1. The van der Waals surface area contributed by atoms with E-state index in [-0.39, 0.29) is 0 Å². The molecule has 0 aliphatic rings. The summed E-state index contributed by atoms with van der Waals surface area (Å²) in [5.41, 5.74) is 6.02. The molecule has 0 saturated heterocycles. The second-order valence-corrected chi connectivity index (χ2v) is 2.20. The topological polar surface area (TPSA) is 77.4 Å². The maximum atomic E-state index is 5.48. The average molecular weight is 266 g/mol. The van der Waals surface area contributed by atoms with Crippen LogP contribution in [0.15, 0.2) is 18.3 Å². The number of anilines is 2. The number of rotatable bonds is 2. The Morgan fingerprint density at radius 1 is 1.64 bits per heavy atom. The molecule has 0 amide bonds. The van der Waals surface area contributed by atoms with Crippen molar-refractivity contribution < 1.29 is 3.17 Å². The number of nitrogen functional groups attached to an aromatic ring is 1. The first-order valence-corrected chi connectivity index (χ1v) is 3.68. The largest absolute Gasteiger partial charge is 0.382 e. The quantitative estimate of drug-likeness (QED) is 0.466. The lowest BCUT2D eigenvalue weighted by Gasteiger charge is -2.13. The van der Waals surface area contributed by atoms with E-state index in [1.807, 2.05) is 0 Å². The first kappa shape index (κ1) is 8.50. The summed E-state index contributed by atoms with van der Waals surface area (Å²) in [5.74, 6) is 5.72. The number of nitrogens with two attached hydrogens (primary N) is 2. The number of pyridine rings is 1. The Balaban J connectivity index is 2.93. The Labute approximate surface area is 77.9 Å². The van der Waals surface area contributed by atoms with E-state index in [0.29, 0.717) is 11.5 Å². The van der Waals surface area contributed by atoms with Gasteiger partial charge in [-0.1, -0.05) is 0 Å². The van der Waals surface area contributed by atoms with Gasteiger partial charge in [-0.05, 0) is 12.1 Å². The number of nitrogens with zero attached hydrogens (tertiary/aromatic N) is 2. The molecule has 1 rings (SSSR count). The Morgan fingerprint density at radius 2 is 2.36 bits per heavy atom. The second-order valence-electron chi connectivity index (χ2n) is 1.80. The van der Waals surface area contributed by atoms with Crippen LogP contribution >= 0.6 is 23.0 Å². The van der Waals surface area contributed by atoms with Crippen molar-refractivity contribution in [3.05, 3.63) is 18.3 Å². The first-order chi connectivity index (χ1) is 5.25. The van der Waals surface area contributed by atoms with Crippen LogP contribution in [-0.4, -0.2) is 4.98 Å². The zero-order valence-electron chi connectivity index (χ0n) is 5.57. The Morgan fingerprint density at radius 3 is 2.91 bits per heavy atom. The molecule has 60 valence electrons. The van der Waals surface area contributed by atoms with Crippen LogP contribution in [0.3, 0.4) is 0 Å². The zero-order valence-corrected chi connectivity index (χ0v) is 7.72. The number of halogens is 1. The van der Waals surface area contributed by atoms with E-state index in [0.717, 1.165) is 5.17 Å². The summed E-state index contributed by atoms with van der Waals surface area (Å²) in [6, 6.07) is 3.43. The van der Waals surface area contributed by atoms with Crippen LogP contribution < -0.4 is 16.7 Å². The molecule has 0 aliphatic heterocycles. The number of hydrogen-bond acceptors (Lipinski definition) is 5. The molecule has 4 N–H and O–H groups in total. The molecule has 0 aliphatic carbocycles. The van der Waals surface area contributed by atoms with Gasteiger partial charge >= 0.3 is 0 Å². The molecule has 0 bridgehead atoms. The lowest BCUT2D eigenvalue weighted by molar-refractivity contribution is 0.384. The minimum absolute atomic E-state index is 0.340. The molecule has 1 aromatic rings. The van der Waals surface area contributed by atoms with E-state index < -0.39 is 0 Å². The molecule has 0 fully saturated rings. The molecular formula is C5H7IN4O. The maximum absolute atomic E-state index is 5.48. The van der Waals surface area contributed by atoms with Gasteiger partial charge in [0.1, 0.15) is 28.7 Å². The van der Waals surface area contributed by atoms with Gasteiger partial charge in [-0.2, -0.15) is 8.34 Å². The van der Waals surface area contributed by atoms with Crippen molar-refractivity contribution in [1.82, 2.24) is 4.98 Å². The number of hydrogen-bond donors (Lipinski definition) is 2. The van der Waals surface area contributed by atoms with Crippen LogP contribution in [0.2, 0.25) is 0 Å². The predicted molar refractivity (Wildman–Crippen MR) is 50.4 cm³/mol. The summed E-state index contributed by atoms with van der Waals surface area (Å²) in [7, 11) is 0. The molecule has 0 aromatic carbocycles. The van der Waals surface area contributed by atoms with Crippen molar-refractivity contribution in [2.24, 2.45) is 5.84 Å². The highest BCUT2D eigenvalue weighted by molar-refractivity contribution is 14.1. The lowest BCUT2D eigenvalue weighted by Crippen LogP contribution is -2.28. The van der Waals surface area contributed by atoms with Gasteiger partial charge in [-0.15, -0.1) is 0 Å². The second kappa shape index (κ2) is 3.69. The van der Waals surface area contributed by atoms with E-state index in [4.69, 9.17) is 11.6 Å². The standard InChI is InChI=1S/C5H7IN4O/c6-11-10(8)4-2-1-3-9-5(4)7/h1-3H,8H2,(H2,7,9). The molecular weight excluding hydrogens is 259 g/mol. The molecule has 0 atom stereocenters. The van der Waals surface area contributed by atoms with Crippen LogP contribution in [0.25, 0.3) is 0 Å². The summed E-state index contributed by atoms with van der Waals surface area (Å²) in [6.07, 6.45) is 1.58. The van der Waals surface area contributed by atoms with Crippen LogP contribution in [0.5, 0.6) is 0 Å². The SMILES string of the molecule is Nc1ncccc1N(N)OI. The molecule has 5 nitrogen and oxygen atoms in total. The van der Waals surface area contributed by atoms with Crippen LogP contribution in [0.4, 0.5) is 11.5 Å². The maximum Gasteiger partial charge on any atom is 0.151 e. The molecule has 0 unspecified atom stereocenters. The third-order valence-electron chi connectivity index (χ3n) is 1.13. The van der Waals surface area contributed by atoms with Crippen molar-refractivity contribution in [2.75, 3.05) is 10.9 Å². The minimum atomic E-state index is 0.340. The summed E-state index contributed by atoms with van der Waals surface area (Å²) in [6.45, 7) is 0. The fraction of sp³-hybridized carbons (Fsp3) is 0. The van der Waals surface area contributed by atoms with Gasteiger partial charge in [0.25, 0.3) is 0 Å². The van der Waals surface area contributed by atoms with E-state index >= 15 is 0 Å². The van der Waals surface area contributed by atoms with Gasteiger partial charge in [0.2, 0.25) is 0 Å². The van der Waals surface area contributed by atoms with E-state index in [2.05, 4.69) is 8.15 Å². The minimum Gasteiger partial charge on any atom is -0.382 e.